The van der Waals surface area contributed by atoms with Crippen molar-refractivity contribution in [1.29, 1.82) is 0 Å². The Morgan fingerprint density at radius 1 is 1.53 bits per heavy atom. The van der Waals surface area contributed by atoms with Gasteiger partial charge in [0.15, 0.2) is 0 Å². The van der Waals surface area contributed by atoms with E-state index in [9.17, 15) is 0 Å². The SMILES string of the molecule is COc1ccc(CNC(C)C2CC2)cn1. The quantitative estimate of drug-likeness (QED) is 0.800. The van der Waals surface area contributed by atoms with Gasteiger partial charge in [-0.25, -0.2) is 4.98 Å². The van der Waals surface area contributed by atoms with Crippen molar-refractivity contribution < 1.29 is 4.74 Å². The van der Waals surface area contributed by atoms with E-state index in [-0.39, 0.29) is 0 Å². The second kappa shape index (κ2) is 4.62. The fraction of sp³-hybridized carbons (Fsp3) is 0.583. The minimum Gasteiger partial charge on any atom is -0.481 e. The molecule has 1 N–H and O–H groups in total. The van der Waals surface area contributed by atoms with Crippen molar-refractivity contribution in [3.8, 4) is 5.88 Å². The van der Waals surface area contributed by atoms with Crippen LogP contribution in [0.2, 0.25) is 0 Å². The van der Waals surface area contributed by atoms with Crippen molar-refractivity contribution in [1.82, 2.24) is 10.3 Å². The van der Waals surface area contributed by atoms with Gasteiger partial charge in [0.25, 0.3) is 0 Å². The summed E-state index contributed by atoms with van der Waals surface area (Å²) in [4.78, 5) is 4.17. The van der Waals surface area contributed by atoms with Crippen molar-refractivity contribution >= 4 is 0 Å². The highest BCUT2D eigenvalue weighted by molar-refractivity contribution is 5.17. The predicted octanol–water partition coefficient (Wildman–Crippen LogP) is 1.98. The molecule has 3 nitrogen and oxygen atoms in total. The highest BCUT2D eigenvalue weighted by atomic mass is 16.5. The summed E-state index contributed by atoms with van der Waals surface area (Å²) in [6.07, 6.45) is 4.63. The maximum Gasteiger partial charge on any atom is 0.212 e. The number of hydrogen-bond acceptors (Lipinski definition) is 3. The van der Waals surface area contributed by atoms with E-state index in [1.54, 1.807) is 7.11 Å². The number of pyridine rings is 1. The van der Waals surface area contributed by atoms with Crippen LogP contribution in [0.1, 0.15) is 25.3 Å². The van der Waals surface area contributed by atoms with Crippen LogP contribution in [0, 0.1) is 5.92 Å². The van der Waals surface area contributed by atoms with Gasteiger partial charge in [0, 0.05) is 24.8 Å². The molecule has 2 rings (SSSR count). The molecule has 1 aromatic rings. The first-order valence-electron chi connectivity index (χ1n) is 5.52. The fourth-order valence-electron chi connectivity index (χ4n) is 1.68. The lowest BCUT2D eigenvalue weighted by Crippen LogP contribution is -2.27. The molecular formula is C12H18N2O. The Bertz CT molecular complexity index is 306. The molecule has 82 valence electrons. The maximum absolute atomic E-state index is 5.01. The van der Waals surface area contributed by atoms with Gasteiger partial charge in [0.05, 0.1) is 7.11 Å². The first kappa shape index (κ1) is 10.4. The van der Waals surface area contributed by atoms with Crippen LogP contribution >= 0.6 is 0 Å². The van der Waals surface area contributed by atoms with Gasteiger partial charge in [-0.3, -0.25) is 0 Å². The van der Waals surface area contributed by atoms with E-state index < -0.39 is 0 Å². The molecule has 15 heavy (non-hydrogen) atoms. The number of rotatable bonds is 5. The smallest absolute Gasteiger partial charge is 0.212 e. The number of nitrogens with one attached hydrogen (secondary N) is 1. The summed E-state index contributed by atoms with van der Waals surface area (Å²) in [7, 11) is 1.63. The Labute approximate surface area is 90.9 Å². The van der Waals surface area contributed by atoms with Gasteiger partial charge in [0.2, 0.25) is 5.88 Å². The van der Waals surface area contributed by atoms with Gasteiger partial charge in [-0.2, -0.15) is 0 Å². The van der Waals surface area contributed by atoms with Crippen molar-refractivity contribution in [3.63, 3.8) is 0 Å². The highest BCUT2D eigenvalue weighted by Gasteiger charge is 2.27. The molecule has 3 heteroatoms. The molecule has 1 aliphatic carbocycles. The number of aromatic nitrogens is 1. The van der Waals surface area contributed by atoms with Crippen LogP contribution in [0.4, 0.5) is 0 Å². The lowest BCUT2D eigenvalue weighted by molar-refractivity contribution is 0.397. The number of nitrogens with zero attached hydrogens (tertiary/aromatic N) is 1. The molecule has 1 atom stereocenters. The Hall–Kier alpha value is -1.09. The van der Waals surface area contributed by atoms with Crippen molar-refractivity contribution in [2.45, 2.75) is 32.4 Å². The van der Waals surface area contributed by atoms with Gasteiger partial charge in [0.1, 0.15) is 0 Å². The zero-order valence-electron chi connectivity index (χ0n) is 9.36. The first-order valence-corrected chi connectivity index (χ1v) is 5.52. The molecule has 0 aliphatic heterocycles. The summed E-state index contributed by atoms with van der Waals surface area (Å²) in [6.45, 7) is 3.16. The Morgan fingerprint density at radius 3 is 2.87 bits per heavy atom. The average Bonchev–Trinajstić information content (AvgIpc) is 3.10. The fourth-order valence-corrected chi connectivity index (χ4v) is 1.68. The van der Waals surface area contributed by atoms with Gasteiger partial charge < -0.3 is 10.1 Å². The summed E-state index contributed by atoms with van der Waals surface area (Å²) in [5.41, 5.74) is 1.21. The molecule has 1 unspecified atom stereocenters. The van der Waals surface area contributed by atoms with E-state index in [4.69, 9.17) is 4.74 Å². The topological polar surface area (TPSA) is 34.1 Å². The second-order valence-electron chi connectivity index (χ2n) is 4.22. The summed E-state index contributed by atoms with van der Waals surface area (Å²) >= 11 is 0. The van der Waals surface area contributed by atoms with Crippen molar-refractivity contribution in [2.75, 3.05) is 7.11 Å². The summed E-state index contributed by atoms with van der Waals surface area (Å²) in [6, 6.07) is 4.59. The molecule has 0 radical (unpaired) electrons. The number of hydrogen-bond donors (Lipinski definition) is 1. The van der Waals surface area contributed by atoms with Crippen molar-refractivity contribution in [3.05, 3.63) is 23.9 Å². The average molecular weight is 206 g/mol. The van der Waals surface area contributed by atoms with E-state index in [2.05, 4.69) is 23.3 Å². The van der Waals surface area contributed by atoms with Crippen LogP contribution in [-0.4, -0.2) is 18.1 Å². The standard InChI is InChI=1S/C12H18N2O/c1-9(11-4-5-11)13-7-10-3-6-12(15-2)14-8-10/h3,6,8-9,11,13H,4-5,7H2,1-2H3. The second-order valence-corrected chi connectivity index (χ2v) is 4.22. The van der Waals surface area contributed by atoms with Gasteiger partial charge in [-0.1, -0.05) is 6.07 Å². The van der Waals surface area contributed by atoms with Crippen LogP contribution < -0.4 is 10.1 Å². The normalized spacial score (nSPS) is 17.5. The minimum absolute atomic E-state index is 0.632. The van der Waals surface area contributed by atoms with Crippen LogP contribution in [0.5, 0.6) is 5.88 Å². The Morgan fingerprint density at radius 2 is 2.33 bits per heavy atom. The number of methoxy groups -OCH3 is 1. The van der Waals surface area contributed by atoms with Gasteiger partial charge >= 0.3 is 0 Å². The third kappa shape index (κ3) is 2.93. The van der Waals surface area contributed by atoms with E-state index in [0.717, 1.165) is 12.5 Å². The molecule has 0 aromatic carbocycles. The monoisotopic (exact) mass is 206 g/mol. The van der Waals surface area contributed by atoms with E-state index in [1.165, 1.54) is 18.4 Å². The molecule has 0 spiro atoms. The molecule has 0 amide bonds. The summed E-state index contributed by atoms with van der Waals surface area (Å²) in [5.74, 6) is 1.57. The Kier molecular flexibility index (Phi) is 3.21. The predicted molar refractivity (Wildman–Crippen MR) is 59.8 cm³/mol. The molecule has 0 saturated heterocycles. The van der Waals surface area contributed by atoms with Crippen LogP contribution in [0.3, 0.4) is 0 Å². The Balaban J connectivity index is 1.81. The minimum atomic E-state index is 0.632. The van der Waals surface area contributed by atoms with Crippen LogP contribution in [0.25, 0.3) is 0 Å². The maximum atomic E-state index is 5.01. The zero-order valence-corrected chi connectivity index (χ0v) is 9.36. The zero-order chi connectivity index (χ0) is 10.7. The molecular weight excluding hydrogens is 188 g/mol. The molecule has 1 heterocycles. The lowest BCUT2D eigenvalue weighted by Gasteiger charge is -2.12. The van der Waals surface area contributed by atoms with Crippen LogP contribution in [0.15, 0.2) is 18.3 Å². The van der Waals surface area contributed by atoms with Crippen molar-refractivity contribution in [2.24, 2.45) is 5.92 Å². The summed E-state index contributed by atoms with van der Waals surface area (Å²) < 4.78 is 5.01. The van der Waals surface area contributed by atoms with E-state index in [0.29, 0.717) is 11.9 Å². The number of ether oxygens (including phenoxy) is 1. The van der Waals surface area contributed by atoms with E-state index in [1.807, 2.05) is 12.3 Å². The summed E-state index contributed by atoms with van der Waals surface area (Å²) in [5, 5.41) is 3.52. The van der Waals surface area contributed by atoms with E-state index >= 15 is 0 Å². The van der Waals surface area contributed by atoms with Gasteiger partial charge in [-0.05, 0) is 31.2 Å². The molecule has 0 bridgehead atoms. The third-order valence-corrected chi connectivity index (χ3v) is 2.96. The first-order chi connectivity index (χ1) is 7.29. The molecule has 1 fully saturated rings. The van der Waals surface area contributed by atoms with Gasteiger partial charge in [-0.15, -0.1) is 0 Å². The van der Waals surface area contributed by atoms with Crippen LogP contribution in [-0.2, 0) is 6.54 Å². The molecule has 1 saturated carbocycles. The third-order valence-electron chi connectivity index (χ3n) is 2.96. The molecule has 1 aromatic heterocycles. The lowest BCUT2D eigenvalue weighted by atomic mass is 10.2. The largest absolute Gasteiger partial charge is 0.481 e. The molecule has 1 aliphatic rings. The highest BCUT2D eigenvalue weighted by Crippen LogP contribution is 2.32.